The first-order chi connectivity index (χ1) is 13.1. The molecule has 0 spiro atoms. The number of ether oxygens (including phenoxy) is 2. The van der Waals surface area contributed by atoms with Gasteiger partial charge in [-0.05, 0) is 37.1 Å². The number of morpholine rings is 1. The highest BCUT2D eigenvalue weighted by atomic mass is 16.5. The molecule has 0 bridgehead atoms. The van der Waals surface area contributed by atoms with Crippen LogP contribution in [0.15, 0.2) is 24.3 Å². The second kappa shape index (κ2) is 9.39. The summed E-state index contributed by atoms with van der Waals surface area (Å²) in [7, 11) is 1.73. The maximum absolute atomic E-state index is 12.8. The molecule has 1 aromatic rings. The lowest BCUT2D eigenvalue weighted by molar-refractivity contribution is -0.147. The third-order valence-corrected chi connectivity index (χ3v) is 4.75. The molecule has 1 saturated heterocycles. The van der Waals surface area contributed by atoms with Crippen molar-refractivity contribution in [3.05, 3.63) is 29.8 Å². The Bertz CT molecular complexity index is 668. The van der Waals surface area contributed by atoms with Gasteiger partial charge in [-0.2, -0.15) is 0 Å². The minimum absolute atomic E-state index is 0.0577. The van der Waals surface area contributed by atoms with Crippen molar-refractivity contribution >= 4 is 11.9 Å². The first kappa shape index (κ1) is 22.2. The molecule has 2 rings (SSSR count). The first-order valence-electron chi connectivity index (χ1n) is 9.64. The van der Waals surface area contributed by atoms with Gasteiger partial charge in [0.05, 0.1) is 19.3 Å². The number of likely N-dealkylation sites (N-methyl/N-ethyl adjacent to an activating group) is 1. The summed E-state index contributed by atoms with van der Waals surface area (Å²) in [5, 5.41) is 8.86. The molecule has 1 fully saturated rings. The number of hydrogen-bond donors (Lipinski definition) is 1. The number of aliphatic carboxylic acids is 1. The van der Waals surface area contributed by atoms with Gasteiger partial charge >= 0.3 is 5.97 Å². The molecule has 2 atom stereocenters. The summed E-state index contributed by atoms with van der Waals surface area (Å²) in [4.78, 5) is 27.0. The zero-order chi connectivity index (χ0) is 20.9. The number of carboxylic acids is 1. The number of rotatable bonds is 7. The zero-order valence-electron chi connectivity index (χ0n) is 17.5. The third-order valence-electron chi connectivity index (χ3n) is 4.75. The Labute approximate surface area is 167 Å². The minimum atomic E-state index is -0.884. The summed E-state index contributed by atoms with van der Waals surface area (Å²) in [6.45, 7) is 9.98. The van der Waals surface area contributed by atoms with Gasteiger partial charge in [0.15, 0.2) is 6.10 Å². The van der Waals surface area contributed by atoms with Crippen LogP contribution in [0.1, 0.15) is 33.3 Å². The van der Waals surface area contributed by atoms with Crippen molar-refractivity contribution in [1.82, 2.24) is 9.80 Å². The second-order valence-corrected chi connectivity index (χ2v) is 8.40. The number of amides is 1. The predicted octanol–water partition coefficient (Wildman–Crippen LogP) is 2.00. The number of benzene rings is 1. The van der Waals surface area contributed by atoms with Crippen molar-refractivity contribution in [1.29, 1.82) is 0 Å². The molecule has 0 saturated carbocycles. The van der Waals surface area contributed by atoms with Crippen LogP contribution >= 0.6 is 0 Å². The molecular weight excluding hydrogens is 360 g/mol. The van der Waals surface area contributed by atoms with Crippen LogP contribution < -0.4 is 4.74 Å². The van der Waals surface area contributed by atoms with Gasteiger partial charge in [0.25, 0.3) is 5.91 Å². The highest BCUT2D eigenvalue weighted by Crippen LogP contribution is 2.25. The Morgan fingerprint density at radius 2 is 1.96 bits per heavy atom. The summed E-state index contributed by atoms with van der Waals surface area (Å²) in [5.74, 6) is -0.306. The third kappa shape index (κ3) is 6.49. The van der Waals surface area contributed by atoms with Gasteiger partial charge < -0.3 is 19.5 Å². The van der Waals surface area contributed by atoms with E-state index in [1.54, 1.807) is 23.8 Å². The summed E-state index contributed by atoms with van der Waals surface area (Å²) < 4.78 is 11.5. The molecule has 7 heteroatoms. The normalized spacial score (nSPS) is 18.8. The summed E-state index contributed by atoms with van der Waals surface area (Å²) in [5.41, 5.74) is 1.27. The summed E-state index contributed by atoms with van der Waals surface area (Å²) >= 11 is 0. The van der Waals surface area contributed by atoms with Crippen LogP contribution in [-0.2, 0) is 19.7 Å². The van der Waals surface area contributed by atoms with Crippen molar-refractivity contribution in [2.45, 2.75) is 45.3 Å². The van der Waals surface area contributed by atoms with Crippen molar-refractivity contribution in [3.63, 3.8) is 0 Å². The van der Waals surface area contributed by atoms with E-state index in [0.29, 0.717) is 32.0 Å². The Kier molecular flexibility index (Phi) is 7.43. The van der Waals surface area contributed by atoms with E-state index in [2.05, 4.69) is 20.8 Å². The fourth-order valence-electron chi connectivity index (χ4n) is 3.22. The van der Waals surface area contributed by atoms with E-state index >= 15 is 0 Å². The zero-order valence-corrected chi connectivity index (χ0v) is 17.5. The van der Waals surface area contributed by atoms with Crippen molar-refractivity contribution in [2.75, 3.05) is 39.8 Å². The lowest BCUT2D eigenvalue weighted by Crippen LogP contribution is -2.52. The van der Waals surface area contributed by atoms with E-state index < -0.39 is 12.1 Å². The Balaban J connectivity index is 1.90. The van der Waals surface area contributed by atoms with Gasteiger partial charge in [-0.25, -0.2) is 0 Å². The van der Waals surface area contributed by atoms with Crippen LogP contribution in [-0.4, -0.2) is 78.8 Å². The van der Waals surface area contributed by atoms with Crippen LogP contribution in [0, 0.1) is 0 Å². The SMILES string of the molecule is CC(Oc1ccc(C(C)(C)C)cc1)C(=O)N1CCOC(CN(C)CC(=O)O)C1. The number of nitrogens with zero attached hydrogens (tertiary/aromatic N) is 2. The average molecular weight is 392 g/mol. The van der Waals surface area contributed by atoms with Crippen LogP contribution in [0.4, 0.5) is 0 Å². The van der Waals surface area contributed by atoms with Crippen molar-refractivity contribution in [2.24, 2.45) is 0 Å². The van der Waals surface area contributed by atoms with E-state index in [1.165, 1.54) is 5.56 Å². The van der Waals surface area contributed by atoms with E-state index in [-0.39, 0.29) is 24.0 Å². The molecule has 1 N–H and O–H groups in total. The maximum atomic E-state index is 12.8. The monoisotopic (exact) mass is 392 g/mol. The maximum Gasteiger partial charge on any atom is 0.317 e. The predicted molar refractivity (Wildman–Crippen MR) is 107 cm³/mol. The van der Waals surface area contributed by atoms with E-state index in [0.717, 1.165) is 0 Å². The van der Waals surface area contributed by atoms with E-state index in [4.69, 9.17) is 14.6 Å². The van der Waals surface area contributed by atoms with Crippen LogP contribution in [0.3, 0.4) is 0 Å². The molecule has 156 valence electrons. The van der Waals surface area contributed by atoms with Crippen molar-refractivity contribution < 1.29 is 24.2 Å². The van der Waals surface area contributed by atoms with Gasteiger partial charge in [-0.3, -0.25) is 14.5 Å². The Morgan fingerprint density at radius 3 is 2.54 bits per heavy atom. The summed E-state index contributed by atoms with van der Waals surface area (Å²) in [6.07, 6.45) is -0.809. The quantitative estimate of drug-likeness (QED) is 0.765. The van der Waals surface area contributed by atoms with Crippen molar-refractivity contribution in [3.8, 4) is 5.75 Å². The molecule has 1 aliphatic heterocycles. The molecule has 1 aromatic carbocycles. The largest absolute Gasteiger partial charge is 0.481 e. The van der Waals surface area contributed by atoms with Crippen LogP contribution in [0.5, 0.6) is 5.75 Å². The lowest BCUT2D eigenvalue weighted by Gasteiger charge is -2.35. The van der Waals surface area contributed by atoms with Gasteiger partial charge in [-0.15, -0.1) is 0 Å². The molecule has 0 aliphatic carbocycles. The van der Waals surface area contributed by atoms with E-state index in [9.17, 15) is 9.59 Å². The minimum Gasteiger partial charge on any atom is -0.481 e. The highest BCUT2D eigenvalue weighted by molar-refractivity contribution is 5.81. The van der Waals surface area contributed by atoms with Gasteiger partial charge in [0.2, 0.25) is 0 Å². The number of carboxylic acid groups (broad SMARTS) is 1. The standard InChI is InChI=1S/C21H32N2O5/c1-15(28-17-8-6-16(7-9-17)21(2,3)4)20(26)23-10-11-27-18(13-23)12-22(5)14-19(24)25/h6-9,15,18H,10-14H2,1-5H3,(H,24,25). The Morgan fingerprint density at radius 1 is 1.32 bits per heavy atom. The lowest BCUT2D eigenvalue weighted by atomic mass is 9.87. The molecule has 7 nitrogen and oxygen atoms in total. The second-order valence-electron chi connectivity index (χ2n) is 8.40. The highest BCUT2D eigenvalue weighted by Gasteiger charge is 2.29. The smallest absolute Gasteiger partial charge is 0.317 e. The number of carbonyl (C=O) groups excluding carboxylic acids is 1. The van der Waals surface area contributed by atoms with Gasteiger partial charge in [0, 0.05) is 19.6 Å². The van der Waals surface area contributed by atoms with Gasteiger partial charge in [-0.1, -0.05) is 32.9 Å². The Hall–Kier alpha value is -2.12. The van der Waals surface area contributed by atoms with Crippen LogP contribution in [0.25, 0.3) is 0 Å². The van der Waals surface area contributed by atoms with Crippen LogP contribution in [0.2, 0.25) is 0 Å². The molecule has 0 aromatic heterocycles. The van der Waals surface area contributed by atoms with E-state index in [1.807, 2.05) is 24.3 Å². The molecule has 0 radical (unpaired) electrons. The fraction of sp³-hybridized carbons (Fsp3) is 0.619. The molecule has 1 heterocycles. The average Bonchev–Trinajstić information content (AvgIpc) is 2.60. The van der Waals surface area contributed by atoms with Gasteiger partial charge in [0.1, 0.15) is 5.75 Å². The molecule has 2 unspecified atom stereocenters. The molecule has 1 amide bonds. The number of hydrogen-bond acceptors (Lipinski definition) is 5. The number of carbonyl (C=O) groups is 2. The molecular formula is C21H32N2O5. The molecule has 28 heavy (non-hydrogen) atoms. The summed E-state index contributed by atoms with van der Waals surface area (Å²) in [6, 6.07) is 7.84. The fourth-order valence-corrected chi connectivity index (χ4v) is 3.22. The molecule has 1 aliphatic rings. The topological polar surface area (TPSA) is 79.3 Å². The first-order valence-corrected chi connectivity index (χ1v) is 9.64.